The average Bonchev–Trinajstić information content (AvgIpc) is 3.02. The van der Waals surface area contributed by atoms with E-state index in [0.717, 1.165) is 34.5 Å². The SMILES string of the molecule is CC(=O)N1CCc2c(c(-c3ccc(F)cc3)nn2Cc2ccc(Cl)cc2)C1. The lowest BCUT2D eigenvalue weighted by Gasteiger charge is -2.27. The molecule has 0 spiro atoms. The molecular formula is C21H19ClFN3O. The summed E-state index contributed by atoms with van der Waals surface area (Å²) in [6.07, 6.45) is 0.747. The first-order valence-electron chi connectivity index (χ1n) is 8.85. The number of carbonyl (C=O) groups excluding carboxylic acids is 1. The van der Waals surface area contributed by atoms with Crippen LogP contribution in [-0.2, 0) is 24.3 Å². The summed E-state index contributed by atoms with van der Waals surface area (Å²) in [6, 6.07) is 14.0. The average molecular weight is 384 g/mol. The van der Waals surface area contributed by atoms with E-state index in [4.69, 9.17) is 16.7 Å². The molecule has 3 aromatic rings. The molecule has 0 radical (unpaired) electrons. The fourth-order valence-corrected chi connectivity index (χ4v) is 3.62. The molecule has 0 unspecified atom stereocenters. The summed E-state index contributed by atoms with van der Waals surface area (Å²) in [6.45, 7) is 3.41. The van der Waals surface area contributed by atoms with Crippen LogP contribution in [0.3, 0.4) is 0 Å². The minimum absolute atomic E-state index is 0.0520. The predicted molar refractivity (Wildman–Crippen MR) is 103 cm³/mol. The zero-order valence-corrected chi connectivity index (χ0v) is 15.7. The van der Waals surface area contributed by atoms with E-state index in [1.165, 1.54) is 12.1 Å². The third-order valence-electron chi connectivity index (χ3n) is 4.94. The van der Waals surface area contributed by atoms with E-state index in [0.29, 0.717) is 24.7 Å². The lowest BCUT2D eigenvalue weighted by Crippen LogP contribution is -2.34. The van der Waals surface area contributed by atoms with Crippen LogP contribution in [0.1, 0.15) is 23.7 Å². The van der Waals surface area contributed by atoms with Crippen molar-refractivity contribution >= 4 is 17.5 Å². The van der Waals surface area contributed by atoms with Crippen molar-refractivity contribution in [3.63, 3.8) is 0 Å². The van der Waals surface area contributed by atoms with Crippen LogP contribution in [0.15, 0.2) is 48.5 Å². The number of carbonyl (C=O) groups is 1. The Morgan fingerprint density at radius 1 is 1.15 bits per heavy atom. The largest absolute Gasteiger partial charge is 0.338 e. The molecule has 1 aliphatic heterocycles. The van der Waals surface area contributed by atoms with Gasteiger partial charge in [0, 0.05) is 48.3 Å². The van der Waals surface area contributed by atoms with E-state index in [1.807, 2.05) is 33.8 Å². The van der Waals surface area contributed by atoms with Crippen LogP contribution in [-0.4, -0.2) is 27.1 Å². The lowest BCUT2D eigenvalue weighted by atomic mass is 10.0. The number of aromatic nitrogens is 2. The molecule has 1 amide bonds. The maximum atomic E-state index is 13.3. The molecule has 0 fully saturated rings. The smallest absolute Gasteiger partial charge is 0.219 e. The Kier molecular flexibility index (Phi) is 4.70. The number of amides is 1. The van der Waals surface area contributed by atoms with Crippen LogP contribution in [0.4, 0.5) is 4.39 Å². The molecule has 4 nitrogen and oxygen atoms in total. The second-order valence-electron chi connectivity index (χ2n) is 6.76. The van der Waals surface area contributed by atoms with Crippen LogP contribution in [0.25, 0.3) is 11.3 Å². The normalized spacial score (nSPS) is 13.5. The fraction of sp³-hybridized carbons (Fsp3) is 0.238. The number of rotatable bonds is 3. The molecular weight excluding hydrogens is 365 g/mol. The van der Waals surface area contributed by atoms with E-state index in [2.05, 4.69) is 0 Å². The van der Waals surface area contributed by atoms with Crippen LogP contribution < -0.4 is 0 Å². The van der Waals surface area contributed by atoms with Crippen molar-refractivity contribution in [1.29, 1.82) is 0 Å². The Hall–Kier alpha value is -2.66. The van der Waals surface area contributed by atoms with E-state index in [1.54, 1.807) is 19.1 Å². The van der Waals surface area contributed by atoms with Crippen molar-refractivity contribution in [3.8, 4) is 11.3 Å². The molecule has 2 heterocycles. The summed E-state index contributed by atoms with van der Waals surface area (Å²) < 4.78 is 15.3. The Bertz CT molecular complexity index is 980. The van der Waals surface area contributed by atoms with Gasteiger partial charge >= 0.3 is 0 Å². The van der Waals surface area contributed by atoms with Gasteiger partial charge in [0.1, 0.15) is 5.82 Å². The molecule has 1 aliphatic rings. The zero-order chi connectivity index (χ0) is 19.0. The highest BCUT2D eigenvalue weighted by Gasteiger charge is 2.26. The fourth-order valence-electron chi connectivity index (χ4n) is 3.49. The van der Waals surface area contributed by atoms with Crippen molar-refractivity contribution < 1.29 is 9.18 Å². The molecule has 0 aliphatic carbocycles. The summed E-state index contributed by atoms with van der Waals surface area (Å²) >= 11 is 5.98. The number of benzene rings is 2. The van der Waals surface area contributed by atoms with E-state index in [-0.39, 0.29) is 11.7 Å². The van der Waals surface area contributed by atoms with Gasteiger partial charge in [0.25, 0.3) is 0 Å². The molecule has 0 saturated heterocycles. The highest BCUT2D eigenvalue weighted by molar-refractivity contribution is 6.30. The molecule has 4 rings (SSSR count). The summed E-state index contributed by atoms with van der Waals surface area (Å²) in [5, 5.41) is 5.53. The first kappa shape index (κ1) is 17.7. The molecule has 0 bridgehead atoms. The van der Waals surface area contributed by atoms with Crippen molar-refractivity contribution in [2.45, 2.75) is 26.4 Å². The number of halogens is 2. The highest BCUT2D eigenvalue weighted by Crippen LogP contribution is 2.31. The summed E-state index contributed by atoms with van der Waals surface area (Å²) in [7, 11) is 0. The quantitative estimate of drug-likeness (QED) is 0.676. The first-order valence-corrected chi connectivity index (χ1v) is 9.23. The van der Waals surface area contributed by atoms with Crippen LogP contribution >= 0.6 is 11.6 Å². The molecule has 0 saturated carbocycles. The molecule has 6 heteroatoms. The Labute approximate surface area is 162 Å². The highest BCUT2D eigenvalue weighted by atomic mass is 35.5. The number of hydrogen-bond donors (Lipinski definition) is 0. The maximum Gasteiger partial charge on any atom is 0.219 e. The van der Waals surface area contributed by atoms with Crippen molar-refractivity contribution in [2.75, 3.05) is 6.54 Å². The van der Waals surface area contributed by atoms with Crippen molar-refractivity contribution in [3.05, 3.63) is 76.2 Å². The predicted octanol–water partition coefficient (Wildman–Crippen LogP) is 4.30. The third-order valence-corrected chi connectivity index (χ3v) is 5.19. The van der Waals surface area contributed by atoms with Crippen molar-refractivity contribution in [1.82, 2.24) is 14.7 Å². The molecule has 2 aromatic carbocycles. The minimum Gasteiger partial charge on any atom is -0.338 e. The number of nitrogens with zero attached hydrogens (tertiary/aromatic N) is 3. The molecule has 27 heavy (non-hydrogen) atoms. The standard InChI is InChI=1S/C21H19ClFN3O/c1-14(27)25-11-10-20-19(13-25)21(16-4-8-18(23)9-5-16)24-26(20)12-15-2-6-17(22)7-3-15/h2-9H,10-13H2,1H3. The van der Waals surface area contributed by atoms with E-state index >= 15 is 0 Å². The second-order valence-corrected chi connectivity index (χ2v) is 7.19. The van der Waals surface area contributed by atoms with Gasteiger partial charge in [0.15, 0.2) is 0 Å². The Balaban J connectivity index is 1.76. The first-order chi connectivity index (χ1) is 13.0. The third kappa shape index (κ3) is 3.60. The van der Waals surface area contributed by atoms with Gasteiger partial charge in [0.05, 0.1) is 12.2 Å². The second kappa shape index (κ2) is 7.16. The topological polar surface area (TPSA) is 38.1 Å². The van der Waals surface area contributed by atoms with Gasteiger partial charge in [-0.15, -0.1) is 0 Å². The van der Waals surface area contributed by atoms with E-state index in [9.17, 15) is 9.18 Å². The maximum absolute atomic E-state index is 13.3. The Morgan fingerprint density at radius 3 is 2.52 bits per heavy atom. The van der Waals surface area contributed by atoms with Crippen LogP contribution in [0.5, 0.6) is 0 Å². The van der Waals surface area contributed by atoms with Gasteiger partial charge in [-0.05, 0) is 42.0 Å². The van der Waals surface area contributed by atoms with Gasteiger partial charge < -0.3 is 4.90 Å². The van der Waals surface area contributed by atoms with E-state index < -0.39 is 0 Å². The van der Waals surface area contributed by atoms with Crippen LogP contribution in [0.2, 0.25) is 5.02 Å². The summed E-state index contributed by atoms with van der Waals surface area (Å²) in [5.74, 6) is -0.227. The van der Waals surface area contributed by atoms with Crippen molar-refractivity contribution in [2.24, 2.45) is 0 Å². The molecule has 0 N–H and O–H groups in total. The number of fused-ring (bicyclic) bond motifs is 1. The van der Waals surface area contributed by atoms with Gasteiger partial charge in [-0.2, -0.15) is 5.10 Å². The lowest BCUT2D eigenvalue weighted by molar-refractivity contribution is -0.129. The van der Waals surface area contributed by atoms with Gasteiger partial charge in [-0.1, -0.05) is 23.7 Å². The van der Waals surface area contributed by atoms with Gasteiger partial charge in [-0.25, -0.2) is 4.39 Å². The van der Waals surface area contributed by atoms with Gasteiger partial charge in [0.2, 0.25) is 5.91 Å². The zero-order valence-electron chi connectivity index (χ0n) is 15.0. The monoisotopic (exact) mass is 383 g/mol. The summed E-state index contributed by atoms with van der Waals surface area (Å²) in [5.41, 5.74) is 4.93. The Morgan fingerprint density at radius 2 is 1.85 bits per heavy atom. The number of hydrogen-bond acceptors (Lipinski definition) is 2. The minimum atomic E-state index is -0.279. The van der Waals surface area contributed by atoms with Crippen LogP contribution in [0, 0.1) is 5.82 Å². The molecule has 1 aromatic heterocycles. The van der Waals surface area contributed by atoms with Gasteiger partial charge in [-0.3, -0.25) is 9.48 Å². The molecule has 138 valence electrons. The molecule has 0 atom stereocenters. The summed E-state index contributed by atoms with van der Waals surface area (Å²) in [4.78, 5) is 13.7.